The van der Waals surface area contributed by atoms with E-state index in [9.17, 15) is 4.79 Å². The molecule has 0 aliphatic carbocycles. The third kappa shape index (κ3) is 5.58. The Morgan fingerprint density at radius 3 is 2.74 bits per heavy atom. The molecule has 2 heterocycles. The maximum absolute atomic E-state index is 11.7. The first-order valence-electron chi connectivity index (χ1n) is 8.47. The second kappa shape index (κ2) is 9.17. The van der Waals surface area contributed by atoms with Crippen molar-refractivity contribution in [1.29, 1.82) is 0 Å². The van der Waals surface area contributed by atoms with Gasteiger partial charge in [-0.15, -0.1) is 0 Å². The van der Waals surface area contributed by atoms with Crippen LogP contribution in [0, 0.1) is 0 Å². The molecule has 7 nitrogen and oxygen atoms in total. The van der Waals surface area contributed by atoms with E-state index in [1.165, 1.54) is 0 Å². The maximum atomic E-state index is 11.7. The molecule has 0 saturated carbocycles. The lowest BCUT2D eigenvalue weighted by atomic mass is 10.1. The summed E-state index contributed by atoms with van der Waals surface area (Å²) < 4.78 is 5.04. The molecule has 2 N–H and O–H groups in total. The molecule has 1 aromatic rings. The van der Waals surface area contributed by atoms with Gasteiger partial charge in [0.15, 0.2) is 0 Å². The summed E-state index contributed by atoms with van der Waals surface area (Å²) in [5.74, 6) is 1.67. The topological polar surface area (TPSA) is 79.4 Å². The van der Waals surface area contributed by atoms with Gasteiger partial charge in [0.2, 0.25) is 0 Å². The van der Waals surface area contributed by atoms with Crippen molar-refractivity contribution in [2.45, 2.75) is 45.6 Å². The minimum Gasteiger partial charge on any atom is -0.450 e. The van der Waals surface area contributed by atoms with Gasteiger partial charge in [0, 0.05) is 31.7 Å². The monoisotopic (exact) mass is 321 g/mol. The quantitative estimate of drug-likeness (QED) is 0.752. The minimum atomic E-state index is -0.213. The van der Waals surface area contributed by atoms with E-state index in [0.29, 0.717) is 25.7 Å². The molecular formula is C16H27N5O2. The number of unbranched alkanes of at least 4 members (excludes halogenated alkanes) is 1. The van der Waals surface area contributed by atoms with Gasteiger partial charge in [-0.1, -0.05) is 13.3 Å². The first kappa shape index (κ1) is 17.3. The normalized spacial score (nSPS) is 15.3. The van der Waals surface area contributed by atoms with Gasteiger partial charge in [0.1, 0.15) is 18.0 Å². The van der Waals surface area contributed by atoms with Crippen LogP contribution in [0.2, 0.25) is 0 Å². The molecule has 23 heavy (non-hydrogen) atoms. The minimum absolute atomic E-state index is 0.213. The Kier molecular flexibility index (Phi) is 6.90. The van der Waals surface area contributed by atoms with Gasteiger partial charge in [-0.25, -0.2) is 14.8 Å². The molecule has 0 spiro atoms. The van der Waals surface area contributed by atoms with Gasteiger partial charge in [0.05, 0.1) is 6.61 Å². The van der Waals surface area contributed by atoms with Crippen molar-refractivity contribution in [1.82, 2.24) is 14.9 Å². The van der Waals surface area contributed by atoms with Gasteiger partial charge in [-0.05, 0) is 26.2 Å². The number of nitrogens with one attached hydrogen (secondary N) is 2. The number of rotatable bonds is 7. The zero-order valence-electron chi connectivity index (χ0n) is 14.0. The highest BCUT2D eigenvalue weighted by Gasteiger charge is 2.23. The van der Waals surface area contributed by atoms with E-state index in [-0.39, 0.29) is 6.09 Å². The van der Waals surface area contributed by atoms with Crippen LogP contribution in [0.3, 0.4) is 0 Å². The van der Waals surface area contributed by atoms with Crippen LogP contribution in [0.4, 0.5) is 16.4 Å². The lowest BCUT2D eigenvalue weighted by Gasteiger charge is -2.31. The third-order valence-electron chi connectivity index (χ3n) is 3.88. The molecule has 1 amide bonds. The Bertz CT molecular complexity index is 489. The Balaban J connectivity index is 1.79. The fourth-order valence-electron chi connectivity index (χ4n) is 2.56. The Morgan fingerprint density at radius 1 is 1.30 bits per heavy atom. The van der Waals surface area contributed by atoms with E-state index >= 15 is 0 Å². The molecule has 0 radical (unpaired) electrons. The summed E-state index contributed by atoms with van der Waals surface area (Å²) in [5, 5.41) is 6.73. The lowest BCUT2D eigenvalue weighted by Crippen LogP contribution is -2.42. The lowest BCUT2D eigenvalue weighted by molar-refractivity contribution is 0.0983. The van der Waals surface area contributed by atoms with Crippen LogP contribution >= 0.6 is 0 Å². The van der Waals surface area contributed by atoms with Gasteiger partial charge >= 0.3 is 6.09 Å². The van der Waals surface area contributed by atoms with Crippen molar-refractivity contribution >= 4 is 17.7 Å². The summed E-state index contributed by atoms with van der Waals surface area (Å²) in [5.41, 5.74) is 0. The number of hydrogen-bond acceptors (Lipinski definition) is 6. The zero-order chi connectivity index (χ0) is 16.5. The molecule has 7 heteroatoms. The summed E-state index contributed by atoms with van der Waals surface area (Å²) >= 11 is 0. The van der Waals surface area contributed by atoms with Crippen LogP contribution in [-0.2, 0) is 4.74 Å². The highest BCUT2D eigenvalue weighted by Crippen LogP contribution is 2.17. The molecular weight excluding hydrogens is 294 g/mol. The number of piperidine rings is 1. The van der Waals surface area contributed by atoms with Crippen molar-refractivity contribution in [3.05, 3.63) is 12.4 Å². The van der Waals surface area contributed by atoms with Crippen LogP contribution in [0.1, 0.15) is 39.5 Å². The number of aromatic nitrogens is 2. The van der Waals surface area contributed by atoms with Crippen LogP contribution < -0.4 is 10.6 Å². The molecule has 0 atom stereocenters. The van der Waals surface area contributed by atoms with E-state index in [2.05, 4.69) is 27.5 Å². The highest BCUT2D eigenvalue weighted by atomic mass is 16.6. The van der Waals surface area contributed by atoms with Crippen molar-refractivity contribution in [2.24, 2.45) is 0 Å². The van der Waals surface area contributed by atoms with Gasteiger partial charge in [-0.2, -0.15) is 0 Å². The fourth-order valence-corrected chi connectivity index (χ4v) is 2.56. The number of hydrogen-bond donors (Lipinski definition) is 2. The molecule has 1 aliphatic rings. The molecule has 2 rings (SSSR count). The summed E-state index contributed by atoms with van der Waals surface area (Å²) in [7, 11) is 0. The SMILES string of the molecule is CCCCNc1cc(NC2CCN(C(=O)OCC)CC2)ncn1. The first-order chi connectivity index (χ1) is 11.2. The van der Waals surface area contributed by atoms with E-state index in [4.69, 9.17) is 4.74 Å². The summed E-state index contributed by atoms with van der Waals surface area (Å²) in [6, 6.07) is 2.26. The largest absolute Gasteiger partial charge is 0.450 e. The summed E-state index contributed by atoms with van der Waals surface area (Å²) in [6.45, 7) is 6.76. The van der Waals surface area contributed by atoms with E-state index < -0.39 is 0 Å². The van der Waals surface area contributed by atoms with E-state index in [0.717, 1.165) is 43.9 Å². The van der Waals surface area contributed by atoms with Crippen LogP contribution in [0.15, 0.2) is 12.4 Å². The smallest absolute Gasteiger partial charge is 0.409 e. The molecule has 1 aromatic heterocycles. The third-order valence-corrected chi connectivity index (χ3v) is 3.88. The Labute approximate surface area is 137 Å². The number of anilines is 2. The van der Waals surface area contributed by atoms with Gasteiger partial charge in [0.25, 0.3) is 0 Å². The molecule has 1 saturated heterocycles. The predicted octanol–water partition coefficient (Wildman–Crippen LogP) is 2.72. The second-order valence-electron chi connectivity index (χ2n) is 5.67. The maximum Gasteiger partial charge on any atom is 0.409 e. The van der Waals surface area contributed by atoms with Crippen LogP contribution in [0.5, 0.6) is 0 Å². The molecule has 1 fully saturated rings. The summed E-state index contributed by atoms with van der Waals surface area (Å²) in [4.78, 5) is 22.0. The van der Waals surface area contributed by atoms with E-state index in [1.807, 2.05) is 13.0 Å². The van der Waals surface area contributed by atoms with Crippen LogP contribution in [-0.4, -0.2) is 53.2 Å². The highest BCUT2D eigenvalue weighted by molar-refractivity contribution is 5.67. The Morgan fingerprint density at radius 2 is 2.04 bits per heavy atom. The van der Waals surface area contributed by atoms with Crippen molar-refractivity contribution in [3.8, 4) is 0 Å². The number of nitrogens with zero attached hydrogens (tertiary/aromatic N) is 3. The number of likely N-dealkylation sites (tertiary alicyclic amines) is 1. The van der Waals surface area contributed by atoms with E-state index in [1.54, 1.807) is 11.2 Å². The molecule has 1 aliphatic heterocycles. The fraction of sp³-hybridized carbons (Fsp3) is 0.688. The van der Waals surface area contributed by atoms with Crippen LogP contribution in [0.25, 0.3) is 0 Å². The number of amides is 1. The average molecular weight is 321 g/mol. The second-order valence-corrected chi connectivity index (χ2v) is 5.67. The van der Waals surface area contributed by atoms with Gasteiger partial charge < -0.3 is 20.3 Å². The number of ether oxygens (including phenoxy) is 1. The number of carbonyl (C=O) groups excluding carboxylic acids is 1. The van der Waals surface area contributed by atoms with Crippen molar-refractivity contribution in [2.75, 3.05) is 36.9 Å². The van der Waals surface area contributed by atoms with Crippen molar-refractivity contribution in [3.63, 3.8) is 0 Å². The molecule has 0 aromatic carbocycles. The Hall–Kier alpha value is -2.05. The number of carbonyl (C=O) groups is 1. The van der Waals surface area contributed by atoms with Crippen molar-refractivity contribution < 1.29 is 9.53 Å². The first-order valence-corrected chi connectivity index (χ1v) is 8.47. The standard InChI is InChI=1S/C16H27N5O2/c1-3-5-8-17-14-11-15(19-12-18-14)20-13-6-9-21(10-7-13)16(22)23-4-2/h11-13H,3-10H2,1-2H3,(H2,17,18,19,20). The molecule has 0 bridgehead atoms. The molecule has 0 unspecified atom stereocenters. The average Bonchev–Trinajstić information content (AvgIpc) is 2.56. The summed E-state index contributed by atoms with van der Waals surface area (Å²) in [6.07, 6.45) is 5.42. The predicted molar refractivity (Wildman–Crippen MR) is 90.7 cm³/mol. The zero-order valence-corrected chi connectivity index (χ0v) is 14.0. The van der Waals surface area contributed by atoms with Gasteiger partial charge in [-0.3, -0.25) is 0 Å². The molecule has 128 valence electrons.